The Morgan fingerprint density at radius 1 is 1.05 bits per heavy atom. The fourth-order valence-corrected chi connectivity index (χ4v) is 2.56. The molecule has 21 heavy (non-hydrogen) atoms. The van der Waals surface area contributed by atoms with Gasteiger partial charge in [0.05, 0.1) is 14.2 Å². The van der Waals surface area contributed by atoms with Gasteiger partial charge in [0.25, 0.3) is 0 Å². The van der Waals surface area contributed by atoms with E-state index in [1.165, 1.54) is 13.2 Å². The molecule has 0 aliphatic carbocycles. The van der Waals surface area contributed by atoms with Crippen molar-refractivity contribution in [2.75, 3.05) is 14.2 Å². The van der Waals surface area contributed by atoms with Crippen molar-refractivity contribution in [3.8, 4) is 11.5 Å². The number of benzene rings is 2. The first-order valence-electron chi connectivity index (χ1n) is 6.33. The summed E-state index contributed by atoms with van der Waals surface area (Å²) in [6.45, 7) is 1.83. The van der Waals surface area contributed by atoms with E-state index in [9.17, 15) is 9.50 Å². The first-order chi connectivity index (χ1) is 9.97. The summed E-state index contributed by atoms with van der Waals surface area (Å²) in [5.74, 6) is 0.605. The highest BCUT2D eigenvalue weighted by Crippen LogP contribution is 2.36. The molecule has 1 unspecified atom stereocenters. The van der Waals surface area contributed by atoms with Gasteiger partial charge in [-0.1, -0.05) is 15.9 Å². The Morgan fingerprint density at radius 2 is 1.67 bits per heavy atom. The standard InChI is InChI=1S/C16H16BrFO3/c1-9-6-14(20-2)15(21-3)8-11(9)16(19)12-7-10(17)4-5-13(12)18/h4-8,16,19H,1-3H3. The number of halogens is 2. The Kier molecular flexibility index (Phi) is 4.85. The van der Waals surface area contributed by atoms with E-state index in [1.54, 1.807) is 31.4 Å². The SMILES string of the molecule is COc1cc(C)c(C(O)c2cc(Br)ccc2F)cc1OC. The zero-order chi connectivity index (χ0) is 15.6. The van der Waals surface area contributed by atoms with E-state index in [-0.39, 0.29) is 5.56 Å². The van der Waals surface area contributed by atoms with Gasteiger partial charge in [0.1, 0.15) is 11.9 Å². The van der Waals surface area contributed by atoms with Gasteiger partial charge in [-0.15, -0.1) is 0 Å². The van der Waals surface area contributed by atoms with Gasteiger partial charge in [-0.25, -0.2) is 4.39 Å². The number of aliphatic hydroxyl groups excluding tert-OH is 1. The summed E-state index contributed by atoms with van der Waals surface area (Å²) in [4.78, 5) is 0. The Hall–Kier alpha value is -1.59. The molecule has 0 fully saturated rings. The zero-order valence-electron chi connectivity index (χ0n) is 12.0. The van der Waals surface area contributed by atoms with Crippen LogP contribution >= 0.6 is 15.9 Å². The van der Waals surface area contributed by atoms with Gasteiger partial charge < -0.3 is 14.6 Å². The third kappa shape index (κ3) is 3.19. The third-order valence-electron chi connectivity index (χ3n) is 3.32. The molecule has 0 radical (unpaired) electrons. The Balaban J connectivity index is 2.52. The van der Waals surface area contributed by atoms with Crippen LogP contribution in [-0.2, 0) is 0 Å². The van der Waals surface area contributed by atoms with Crippen molar-refractivity contribution in [3.05, 3.63) is 57.3 Å². The lowest BCUT2D eigenvalue weighted by molar-refractivity contribution is 0.213. The minimum absolute atomic E-state index is 0.208. The average Bonchev–Trinajstić information content (AvgIpc) is 2.48. The summed E-state index contributed by atoms with van der Waals surface area (Å²) in [6, 6.07) is 7.90. The lowest BCUT2D eigenvalue weighted by Gasteiger charge is -2.18. The van der Waals surface area contributed by atoms with Gasteiger partial charge in [0.2, 0.25) is 0 Å². The highest BCUT2D eigenvalue weighted by molar-refractivity contribution is 9.10. The molecule has 0 saturated heterocycles. The fourth-order valence-electron chi connectivity index (χ4n) is 2.18. The maximum Gasteiger partial charge on any atom is 0.161 e. The van der Waals surface area contributed by atoms with Crippen molar-refractivity contribution >= 4 is 15.9 Å². The van der Waals surface area contributed by atoms with Gasteiger partial charge in [-0.05, 0) is 48.4 Å². The molecule has 2 rings (SSSR count). The second-order valence-corrected chi connectivity index (χ2v) is 5.55. The molecular weight excluding hydrogens is 339 g/mol. The molecular formula is C16H16BrFO3. The van der Waals surface area contributed by atoms with Crippen molar-refractivity contribution in [3.63, 3.8) is 0 Å². The molecule has 0 spiro atoms. The zero-order valence-corrected chi connectivity index (χ0v) is 13.6. The van der Waals surface area contributed by atoms with Crippen LogP contribution in [0.15, 0.2) is 34.8 Å². The van der Waals surface area contributed by atoms with E-state index in [0.717, 1.165) is 5.56 Å². The molecule has 1 atom stereocenters. The van der Waals surface area contributed by atoms with E-state index in [1.807, 2.05) is 6.92 Å². The van der Waals surface area contributed by atoms with Crippen molar-refractivity contribution in [1.82, 2.24) is 0 Å². The van der Waals surface area contributed by atoms with Crippen LogP contribution in [0.3, 0.4) is 0 Å². The van der Waals surface area contributed by atoms with Gasteiger partial charge >= 0.3 is 0 Å². The number of hydrogen-bond acceptors (Lipinski definition) is 3. The average molecular weight is 355 g/mol. The van der Waals surface area contributed by atoms with Crippen LogP contribution in [0.2, 0.25) is 0 Å². The molecule has 5 heteroatoms. The molecule has 0 aliphatic rings. The van der Waals surface area contributed by atoms with Crippen molar-refractivity contribution in [1.29, 1.82) is 0 Å². The first kappa shape index (κ1) is 15.8. The molecule has 1 N–H and O–H groups in total. The highest BCUT2D eigenvalue weighted by atomic mass is 79.9. The topological polar surface area (TPSA) is 38.7 Å². The maximum atomic E-state index is 13.9. The van der Waals surface area contributed by atoms with E-state index in [4.69, 9.17) is 9.47 Å². The number of ether oxygens (including phenoxy) is 2. The summed E-state index contributed by atoms with van der Waals surface area (Å²) in [5, 5.41) is 10.5. The minimum atomic E-state index is -1.08. The van der Waals surface area contributed by atoms with Crippen LogP contribution in [0.25, 0.3) is 0 Å². The van der Waals surface area contributed by atoms with Crippen LogP contribution in [0.4, 0.5) is 4.39 Å². The fraction of sp³-hybridized carbons (Fsp3) is 0.250. The Morgan fingerprint density at radius 3 is 2.29 bits per heavy atom. The van der Waals surface area contributed by atoms with Crippen molar-refractivity contribution in [2.45, 2.75) is 13.0 Å². The quantitative estimate of drug-likeness (QED) is 0.901. The molecule has 0 aliphatic heterocycles. The Labute approximate surface area is 131 Å². The predicted molar refractivity (Wildman–Crippen MR) is 82.4 cm³/mol. The van der Waals surface area contributed by atoms with Gasteiger partial charge in [0, 0.05) is 10.0 Å². The lowest BCUT2D eigenvalue weighted by Crippen LogP contribution is -2.06. The number of rotatable bonds is 4. The number of hydrogen-bond donors (Lipinski definition) is 1. The molecule has 2 aromatic rings. The molecule has 0 aromatic heterocycles. The van der Waals surface area contributed by atoms with Crippen LogP contribution in [0.5, 0.6) is 11.5 Å². The number of aryl methyl sites for hydroxylation is 1. The summed E-state index contributed by atoms with van der Waals surface area (Å²) < 4.78 is 25.1. The van der Waals surface area contributed by atoms with Crippen LogP contribution in [0.1, 0.15) is 22.8 Å². The molecule has 112 valence electrons. The number of aliphatic hydroxyl groups is 1. The van der Waals surface area contributed by atoms with E-state index < -0.39 is 11.9 Å². The Bertz CT molecular complexity index is 658. The molecule has 3 nitrogen and oxygen atoms in total. The van der Waals surface area contributed by atoms with Gasteiger partial charge in [-0.2, -0.15) is 0 Å². The molecule has 0 bridgehead atoms. The van der Waals surface area contributed by atoms with E-state index in [0.29, 0.717) is 21.5 Å². The summed E-state index contributed by atoms with van der Waals surface area (Å²) in [5.41, 5.74) is 1.57. The second kappa shape index (κ2) is 6.45. The largest absolute Gasteiger partial charge is 0.493 e. The summed E-state index contributed by atoms with van der Waals surface area (Å²) in [6.07, 6.45) is -1.08. The smallest absolute Gasteiger partial charge is 0.161 e. The van der Waals surface area contributed by atoms with E-state index in [2.05, 4.69) is 15.9 Å². The van der Waals surface area contributed by atoms with Crippen LogP contribution in [0, 0.1) is 12.7 Å². The van der Waals surface area contributed by atoms with Crippen LogP contribution < -0.4 is 9.47 Å². The minimum Gasteiger partial charge on any atom is -0.493 e. The van der Waals surface area contributed by atoms with Crippen molar-refractivity contribution < 1.29 is 19.0 Å². The van der Waals surface area contributed by atoms with Crippen molar-refractivity contribution in [2.24, 2.45) is 0 Å². The number of methoxy groups -OCH3 is 2. The maximum absolute atomic E-state index is 13.9. The molecule has 0 amide bonds. The normalized spacial score (nSPS) is 12.1. The third-order valence-corrected chi connectivity index (χ3v) is 3.81. The molecule has 0 saturated carbocycles. The van der Waals surface area contributed by atoms with Gasteiger partial charge in [0.15, 0.2) is 11.5 Å². The molecule has 0 heterocycles. The monoisotopic (exact) mass is 354 g/mol. The summed E-state index contributed by atoms with van der Waals surface area (Å²) in [7, 11) is 3.06. The van der Waals surface area contributed by atoms with Gasteiger partial charge in [-0.3, -0.25) is 0 Å². The van der Waals surface area contributed by atoms with E-state index >= 15 is 0 Å². The lowest BCUT2D eigenvalue weighted by atomic mass is 9.96. The second-order valence-electron chi connectivity index (χ2n) is 4.63. The highest BCUT2D eigenvalue weighted by Gasteiger charge is 2.20. The first-order valence-corrected chi connectivity index (χ1v) is 7.12. The molecule has 2 aromatic carbocycles. The predicted octanol–water partition coefficient (Wildman–Crippen LogP) is 4.00. The van der Waals surface area contributed by atoms with Crippen LogP contribution in [-0.4, -0.2) is 19.3 Å². The summed E-state index contributed by atoms with van der Waals surface area (Å²) >= 11 is 3.28.